The van der Waals surface area contributed by atoms with E-state index in [1.807, 2.05) is 0 Å². The molecule has 0 spiro atoms. The van der Waals surface area contributed by atoms with Gasteiger partial charge in [-0.25, -0.2) is 0 Å². The van der Waals surface area contributed by atoms with Gasteiger partial charge in [0.15, 0.2) is 0 Å². The molecule has 1 rings (SSSR count). The van der Waals surface area contributed by atoms with Crippen LogP contribution in [0.5, 0.6) is 0 Å². The van der Waals surface area contributed by atoms with Crippen LogP contribution < -0.4 is 5.73 Å². The molecule has 0 bridgehead atoms. The largest absolute Gasteiger partial charge is 0.330 e. The summed E-state index contributed by atoms with van der Waals surface area (Å²) in [6.07, 6.45) is 3.61. The van der Waals surface area contributed by atoms with Crippen molar-refractivity contribution in [2.75, 3.05) is 20.1 Å². The van der Waals surface area contributed by atoms with Gasteiger partial charge in [-0.3, -0.25) is 0 Å². The maximum absolute atomic E-state index is 5.47. The Bertz CT molecular complexity index is 302. The standard InChI is InChI=1S/C13H21BrN2/c1-16(10-6-2-5-9-15)11-12-7-3-4-8-13(12)14/h3-4,7-8H,2,5-6,9-11,15H2,1H3. The van der Waals surface area contributed by atoms with Crippen molar-refractivity contribution in [3.63, 3.8) is 0 Å². The number of nitrogens with two attached hydrogens (primary N) is 1. The molecule has 0 aliphatic heterocycles. The van der Waals surface area contributed by atoms with Crippen LogP contribution in [0.15, 0.2) is 28.7 Å². The summed E-state index contributed by atoms with van der Waals surface area (Å²) in [4.78, 5) is 2.36. The van der Waals surface area contributed by atoms with Crippen molar-refractivity contribution in [3.05, 3.63) is 34.3 Å². The van der Waals surface area contributed by atoms with Crippen molar-refractivity contribution in [1.82, 2.24) is 4.90 Å². The van der Waals surface area contributed by atoms with Crippen molar-refractivity contribution in [3.8, 4) is 0 Å². The van der Waals surface area contributed by atoms with Gasteiger partial charge in [0.25, 0.3) is 0 Å². The zero-order chi connectivity index (χ0) is 11.8. The van der Waals surface area contributed by atoms with Gasteiger partial charge in [-0.05, 0) is 44.6 Å². The van der Waals surface area contributed by atoms with Crippen LogP contribution in [0.25, 0.3) is 0 Å². The predicted molar refractivity (Wildman–Crippen MR) is 73.4 cm³/mol. The Kier molecular flexibility index (Phi) is 6.69. The van der Waals surface area contributed by atoms with E-state index in [2.05, 4.69) is 52.1 Å². The van der Waals surface area contributed by atoms with Gasteiger partial charge in [0, 0.05) is 11.0 Å². The first kappa shape index (κ1) is 13.7. The lowest BCUT2D eigenvalue weighted by Gasteiger charge is -2.17. The molecule has 0 heterocycles. The molecular weight excluding hydrogens is 264 g/mol. The first-order chi connectivity index (χ1) is 7.74. The SMILES string of the molecule is CN(CCCCCN)Cc1ccccc1Br. The summed E-state index contributed by atoms with van der Waals surface area (Å²) in [7, 11) is 2.17. The van der Waals surface area contributed by atoms with Crippen LogP contribution in [0, 0.1) is 0 Å². The van der Waals surface area contributed by atoms with E-state index in [0.29, 0.717) is 0 Å². The van der Waals surface area contributed by atoms with Crippen molar-refractivity contribution in [2.45, 2.75) is 25.8 Å². The van der Waals surface area contributed by atoms with Crippen LogP contribution in [0.4, 0.5) is 0 Å². The Morgan fingerprint density at radius 3 is 2.62 bits per heavy atom. The van der Waals surface area contributed by atoms with Crippen LogP contribution in [-0.2, 0) is 6.54 Å². The van der Waals surface area contributed by atoms with Crippen LogP contribution >= 0.6 is 15.9 Å². The average molecular weight is 285 g/mol. The molecule has 2 N–H and O–H groups in total. The van der Waals surface area contributed by atoms with Crippen molar-refractivity contribution >= 4 is 15.9 Å². The summed E-state index contributed by atoms with van der Waals surface area (Å²) in [5, 5.41) is 0. The highest BCUT2D eigenvalue weighted by molar-refractivity contribution is 9.10. The first-order valence-electron chi connectivity index (χ1n) is 5.86. The van der Waals surface area contributed by atoms with E-state index in [1.165, 1.54) is 22.9 Å². The smallest absolute Gasteiger partial charge is 0.0241 e. The zero-order valence-corrected chi connectivity index (χ0v) is 11.5. The maximum Gasteiger partial charge on any atom is 0.0241 e. The van der Waals surface area contributed by atoms with Crippen LogP contribution in [0.2, 0.25) is 0 Å². The molecule has 0 amide bonds. The second kappa shape index (κ2) is 7.82. The summed E-state index contributed by atoms with van der Waals surface area (Å²) in [6.45, 7) is 2.96. The van der Waals surface area contributed by atoms with Crippen LogP contribution in [-0.4, -0.2) is 25.0 Å². The summed E-state index contributed by atoms with van der Waals surface area (Å²) in [6, 6.07) is 8.40. The van der Waals surface area contributed by atoms with Gasteiger partial charge in [0.1, 0.15) is 0 Å². The van der Waals surface area contributed by atoms with Crippen molar-refractivity contribution < 1.29 is 0 Å². The summed E-state index contributed by atoms with van der Waals surface area (Å²) < 4.78 is 1.20. The van der Waals surface area contributed by atoms with Gasteiger partial charge in [0.2, 0.25) is 0 Å². The third kappa shape index (κ3) is 5.10. The number of halogens is 1. The Labute approximate surface area is 107 Å². The third-order valence-electron chi connectivity index (χ3n) is 2.64. The summed E-state index contributed by atoms with van der Waals surface area (Å²) >= 11 is 3.57. The molecule has 0 aromatic heterocycles. The molecule has 2 nitrogen and oxygen atoms in total. The second-order valence-corrected chi connectivity index (χ2v) is 5.03. The average Bonchev–Trinajstić information content (AvgIpc) is 2.28. The van der Waals surface area contributed by atoms with E-state index in [0.717, 1.165) is 26.1 Å². The molecule has 90 valence electrons. The fourth-order valence-corrected chi connectivity index (χ4v) is 2.11. The molecular formula is C13H21BrN2. The molecule has 0 atom stereocenters. The number of hydrogen-bond acceptors (Lipinski definition) is 2. The molecule has 0 aliphatic rings. The number of unbranched alkanes of at least 4 members (excludes halogenated alkanes) is 2. The minimum Gasteiger partial charge on any atom is -0.330 e. The van der Waals surface area contributed by atoms with Crippen LogP contribution in [0.1, 0.15) is 24.8 Å². The van der Waals surface area contributed by atoms with Crippen LogP contribution in [0.3, 0.4) is 0 Å². The Morgan fingerprint density at radius 2 is 1.94 bits per heavy atom. The minimum atomic E-state index is 0.813. The molecule has 0 saturated heterocycles. The highest BCUT2D eigenvalue weighted by Gasteiger charge is 2.02. The molecule has 0 unspecified atom stereocenters. The minimum absolute atomic E-state index is 0.813. The van der Waals surface area contributed by atoms with Gasteiger partial charge < -0.3 is 10.6 Å². The Balaban J connectivity index is 2.28. The molecule has 16 heavy (non-hydrogen) atoms. The number of rotatable bonds is 7. The van der Waals surface area contributed by atoms with E-state index >= 15 is 0 Å². The molecule has 0 aliphatic carbocycles. The van der Waals surface area contributed by atoms with Crippen molar-refractivity contribution in [2.24, 2.45) is 5.73 Å². The molecule has 0 fully saturated rings. The highest BCUT2D eigenvalue weighted by atomic mass is 79.9. The Morgan fingerprint density at radius 1 is 1.19 bits per heavy atom. The van der Waals surface area contributed by atoms with Gasteiger partial charge in [-0.2, -0.15) is 0 Å². The molecule has 1 aromatic rings. The van der Waals surface area contributed by atoms with E-state index in [9.17, 15) is 0 Å². The quantitative estimate of drug-likeness (QED) is 0.780. The topological polar surface area (TPSA) is 29.3 Å². The summed E-state index contributed by atoms with van der Waals surface area (Å²) in [5.41, 5.74) is 6.82. The number of hydrogen-bond donors (Lipinski definition) is 1. The van der Waals surface area contributed by atoms with Crippen molar-refractivity contribution in [1.29, 1.82) is 0 Å². The zero-order valence-electron chi connectivity index (χ0n) is 9.95. The van der Waals surface area contributed by atoms with Gasteiger partial charge >= 0.3 is 0 Å². The maximum atomic E-state index is 5.47. The molecule has 3 heteroatoms. The fraction of sp³-hybridized carbons (Fsp3) is 0.538. The molecule has 0 saturated carbocycles. The van der Waals surface area contributed by atoms with E-state index in [-0.39, 0.29) is 0 Å². The lowest BCUT2D eigenvalue weighted by Crippen LogP contribution is -2.19. The van der Waals surface area contributed by atoms with E-state index in [1.54, 1.807) is 0 Å². The Hall–Kier alpha value is -0.380. The van der Waals surface area contributed by atoms with E-state index in [4.69, 9.17) is 5.73 Å². The highest BCUT2D eigenvalue weighted by Crippen LogP contribution is 2.17. The number of benzene rings is 1. The lowest BCUT2D eigenvalue weighted by atomic mass is 10.2. The van der Waals surface area contributed by atoms with E-state index < -0.39 is 0 Å². The second-order valence-electron chi connectivity index (χ2n) is 4.18. The predicted octanol–water partition coefficient (Wildman–Crippen LogP) is 3.01. The lowest BCUT2D eigenvalue weighted by molar-refractivity contribution is 0.317. The number of nitrogens with zero attached hydrogens (tertiary/aromatic N) is 1. The van der Waals surface area contributed by atoms with Gasteiger partial charge in [-0.15, -0.1) is 0 Å². The fourth-order valence-electron chi connectivity index (χ4n) is 1.70. The molecule has 0 radical (unpaired) electrons. The first-order valence-corrected chi connectivity index (χ1v) is 6.65. The molecule has 1 aromatic carbocycles. The normalized spacial score (nSPS) is 11.0. The van der Waals surface area contributed by atoms with Gasteiger partial charge in [-0.1, -0.05) is 40.5 Å². The summed E-state index contributed by atoms with van der Waals surface area (Å²) in [5.74, 6) is 0. The third-order valence-corrected chi connectivity index (χ3v) is 3.42. The monoisotopic (exact) mass is 284 g/mol. The van der Waals surface area contributed by atoms with Gasteiger partial charge in [0.05, 0.1) is 0 Å².